The monoisotopic (exact) mass is 249 g/mol. The van der Waals surface area contributed by atoms with E-state index in [1.165, 1.54) is 6.92 Å². The summed E-state index contributed by atoms with van der Waals surface area (Å²) in [4.78, 5) is 0. The van der Waals surface area contributed by atoms with Crippen LogP contribution in [0.4, 0.5) is 14.5 Å². The van der Waals surface area contributed by atoms with Crippen molar-refractivity contribution in [2.45, 2.75) is 13.5 Å². The summed E-state index contributed by atoms with van der Waals surface area (Å²) in [6.07, 6.45) is 0. The lowest BCUT2D eigenvalue weighted by Gasteiger charge is -2.09. The van der Waals surface area contributed by atoms with Gasteiger partial charge in [-0.15, -0.1) is 0 Å². The molecular weight excluding hydrogens is 236 g/mol. The summed E-state index contributed by atoms with van der Waals surface area (Å²) in [5, 5.41) is 11.9. The minimum atomic E-state index is -0.479. The third-order valence-corrected chi connectivity index (χ3v) is 2.67. The highest BCUT2D eigenvalue weighted by Crippen LogP contribution is 2.20. The molecule has 0 radical (unpaired) electrons. The molecule has 0 heterocycles. The Bertz CT molecular complexity index is 552. The molecule has 0 fully saturated rings. The van der Waals surface area contributed by atoms with Crippen molar-refractivity contribution in [2.75, 3.05) is 5.32 Å². The summed E-state index contributed by atoms with van der Waals surface area (Å²) in [6, 6.07) is 8.82. The summed E-state index contributed by atoms with van der Waals surface area (Å²) >= 11 is 0. The first-order valence-corrected chi connectivity index (χ1v) is 5.53. The Balaban J connectivity index is 2.10. The zero-order chi connectivity index (χ0) is 13.1. The number of hydrogen-bond donors (Lipinski definition) is 2. The predicted molar refractivity (Wildman–Crippen MR) is 66.5 cm³/mol. The Hall–Kier alpha value is -2.10. The molecule has 0 amide bonds. The average molecular weight is 249 g/mol. The fraction of sp³-hybridized carbons (Fsp3) is 0.143. The lowest BCUT2D eigenvalue weighted by molar-refractivity contribution is 0.475. The van der Waals surface area contributed by atoms with Crippen LogP contribution in [0.3, 0.4) is 0 Å². The predicted octanol–water partition coefficient (Wildman–Crippen LogP) is 3.59. The fourth-order valence-electron chi connectivity index (χ4n) is 1.59. The van der Waals surface area contributed by atoms with Crippen molar-refractivity contribution < 1.29 is 13.9 Å². The Morgan fingerprint density at radius 1 is 1.06 bits per heavy atom. The second kappa shape index (κ2) is 5.04. The molecule has 0 bridgehead atoms. The second-order valence-electron chi connectivity index (χ2n) is 4.10. The van der Waals surface area contributed by atoms with E-state index in [2.05, 4.69) is 5.32 Å². The van der Waals surface area contributed by atoms with Gasteiger partial charge in [0.05, 0.1) is 5.69 Å². The lowest BCUT2D eigenvalue weighted by atomic mass is 10.2. The average Bonchev–Trinajstić information content (AvgIpc) is 2.34. The normalized spacial score (nSPS) is 10.4. The Kier molecular flexibility index (Phi) is 3.46. The van der Waals surface area contributed by atoms with E-state index in [1.54, 1.807) is 24.3 Å². The standard InChI is InChI=1S/C14H13F2NO/c1-9-6-13(16)14(7-12(9)15)17-8-10-2-4-11(18)5-3-10/h2-7,17-18H,8H2,1H3. The minimum absolute atomic E-state index is 0.131. The van der Waals surface area contributed by atoms with Crippen LogP contribution in [0.5, 0.6) is 5.75 Å². The molecule has 2 rings (SSSR count). The van der Waals surface area contributed by atoms with Gasteiger partial charge in [-0.25, -0.2) is 8.78 Å². The van der Waals surface area contributed by atoms with E-state index in [9.17, 15) is 8.78 Å². The van der Waals surface area contributed by atoms with Crippen molar-refractivity contribution >= 4 is 5.69 Å². The first kappa shape index (κ1) is 12.4. The Morgan fingerprint density at radius 3 is 2.39 bits per heavy atom. The molecule has 2 aromatic carbocycles. The van der Waals surface area contributed by atoms with Crippen LogP contribution in [0, 0.1) is 18.6 Å². The van der Waals surface area contributed by atoms with E-state index in [-0.39, 0.29) is 17.0 Å². The Morgan fingerprint density at radius 2 is 1.72 bits per heavy atom. The largest absolute Gasteiger partial charge is 0.508 e. The minimum Gasteiger partial charge on any atom is -0.508 e. The van der Waals surface area contributed by atoms with Gasteiger partial charge in [-0.3, -0.25) is 0 Å². The molecule has 18 heavy (non-hydrogen) atoms. The van der Waals surface area contributed by atoms with Crippen LogP contribution in [0.1, 0.15) is 11.1 Å². The van der Waals surface area contributed by atoms with Gasteiger partial charge in [0.25, 0.3) is 0 Å². The zero-order valence-corrected chi connectivity index (χ0v) is 9.87. The van der Waals surface area contributed by atoms with E-state index < -0.39 is 11.6 Å². The molecule has 4 heteroatoms. The van der Waals surface area contributed by atoms with Gasteiger partial charge in [0.15, 0.2) is 0 Å². The smallest absolute Gasteiger partial charge is 0.146 e. The van der Waals surface area contributed by atoms with E-state index in [4.69, 9.17) is 5.11 Å². The number of rotatable bonds is 3. The van der Waals surface area contributed by atoms with Crippen molar-refractivity contribution in [1.82, 2.24) is 0 Å². The Labute approximate surface area is 104 Å². The van der Waals surface area contributed by atoms with Crippen molar-refractivity contribution in [1.29, 1.82) is 0 Å². The lowest BCUT2D eigenvalue weighted by Crippen LogP contribution is -2.02. The van der Waals surface area contributed by atoms with Gasteiger partial charge in [-0.1, -0.05) is 12.1 Å². The molecule has 0 atom stereocenters. The maximum absolute atomic E-state index is 13.5. The number of nitrogens with one attached hydrogen (secondary N) is 1. The van der Waals surface area contributed by atoms with Crippen molar-refractivity contribution in [3.63, 3.8) is 0 Å². The number of benzene rings is 2. The van der Waals surface area contributed by atoms with Crippen molar-refractivity contribution in [3.8, 4) is 5.75 Å². The van der Waals surface area contributed by atoms with Gasteiger partial charge in [0.1, 0.15) is 17.4 Å². The molecule has 2 aromatic rings. The molecule has 0 unspecified atom stereocenters. The second-order valence-corrected chi connectivity index (χ2v) is 4.10. The van der Waals surface area contributed by atoms with Crippen LogP contribution < -0.4 is 5.32 Å². The first-order valence-electron chi connectivity index (χ1n) is 5.53. The highest BCUT2D eigenvalue weighted by atomic mass is 19.1. The molecule has 0 saturated heterocycles. The van der Waals surface area contributed by atoms with Crippen molar-refractivity contribution in [3.05, 3.63) is 59.2 Å². The van der Waals surface area contributed by atoms with Crippen LogP contribution in [0.15, 0.2) is 36.4 Å². The maximum Gasteiger partial charge on any atom is 0.146 e. The van der Waals surface area contributed by atoms with Crippen LogP contribution in [-0.4, -0.2) is 5.11 Å². The number of hydrogen-bond acceptors (Lipinski definition) is 2. The number of phenols is 1. The first-order chi connectivity index (χ1) is 8.56. The number of aromatic hydroxyl groups is 1. The van der Waals surface area contributed by atoms with E-state index in [0.717, 1.165) is 17.7 Å². The van der Waals surface area contributed by atoms with E-state index >= 15 is 0 Å². The SMILES string of the molecule is Cc1cc(F)c(NCc2ccc(O)cc2)cc1F. The molecular formula is C14H13F2NO. The van der Waals surface area contributed by atoms with Crippen LogP contribution in [0.2, 0.25) is 0 Å². The summed E-state index contributed by atoms with van der Waals surface area (Å²) in [6.45, 7) is 1.88. The molecule has 0 aliphatic carbocycles. The number of anilines is 1. The molecule has 0 saturated carbocycles. The third kappa shape index (κ3) is 2.77. The van der Waals surface area contributed by atoms with E-state index in [1.807, 2.05) is 0 Å². The summed E-state index contributed by atoms with van der Waals surface area (Å²) in [5.41, 5.74) is 1.28. The van der Waals surface area contributed by atoms with Gasteiger partial charge in [0, 0.05) is 12.6 Å². The third-order valence-electron chi connectivity index (χ3n) is 2.67. The van der Waals surface area contributed by atoms with Gasteiger partial charge in [0.2, 0.25) is 0 Å². The number of phenolic OH excluding ortho intramolecular Hbond substituents is 1. The summed E-state index contributed by atoms with van der Waals surface area (Å²) in [5.74, 6) is -0.747. The van der Waals surface area contributed by atoms with E-state index in [0.29, 0.717) is 6.54 Å². The molecule has 0 spiro atoms. The van der Waals surface area contributed by atoms with Crippen LogP contribution in [-0.2, 0) is 6.54 Å². The molecule has 2 nitrogen and oxygen atoms in total. The number of halogens is 2. The molecule has 0 aliphatic rings. The highest BCUT2D eigenvalue weighted by Gasteiger charge is 2.06. The van der Waals surface area contributed by atoms with Gasteiger partial charge in [-0.05, 0) is 36.2 Å². The fourth-order valence-corrected chi connectivity index (χ4v) is 1.59. The highest BCUT2D eigenvalue weighted by molar-refractivity contribution is 5.47. The van der Waals surface area contributed by atoms with Gasteiger partial charge >= 0.3 is 0 Å². The maximum atomic E-state index is 13.5. The zero-order valence-electron chi connectivity index (χ0n) is 9.87. The molecule has 0 aliphatic heterocycles. The van der Waals surface area contributed by atoms with Crippen molar-refractivity contribution in [2.24, 2.45) is 0 Å². The summed E-state index contributed by atoms with van der Waals surface area (Å²) in [7, 11) is 0. The molecule has 0 aromatic heterocycles. The number of aryl methyl sites for hydroxylation is 1. The van der Waals surface area contributed by atoms with Gasteiger partial charge < -0.3 is 10.4 Å². The van der Waals surface area contributed by atoms with Crippen LogP contribution in [0.25, 0.3) is 0 Å². The topological polar surface area (TPSA) is 32.3 Å². The quantitative estimate of drug-likeness (QED) is 0.871. The molecule has 2 N–H and O–H groups in total. The van der Waals surface area contributed by atoms with Crippen LogP contribution >= 0.6 is 0 Å². The van der Waals surface area contributed by atoms with Gasteiger partial charge in [-0.2, -0.15) is 0 Å². The molecule has 94 valence electrons. The summed E-state index contributed by atoms with van der Waals surface area (Å²) < 4.78 is 26.8.